The Morgan fingerprint density at radius 2 is 1.85 bits per heavy atom. The highest BCUT2D eigenvalue weighted by Crippen LogP contribution is 2.25. The van der Waals surface area contributed by atoms with E-state index in [0.717, 1.165) is 17.7 Å². The van der Waals surface area contributed by atoms with Crippen LogP contribution in [-0.2, 0) is 22.2 Å². The van der Waals surface area contributed by atoms with Crippen LogP contribution in [0.4, 0.5) is 8.78 Å². The Balaban J connectivity index is 1.56. The summed E-state index contributed by atoms with van der Waals surface area (Å²) >= 11 is 0. The minimum atomic E-state index is -1.87. The lowest BCUT2D eigenvalue weighted by molar-refractivity contribution is -0.132. The van der Waals surface area contributed by atoms with Crippen molar-refractivity contribution in [2.45, 2.75) is 23.2 Å². The van der Waals surface area contributed by atoms with Crippen LogP contribution in [0.15, 0.2) is 47.4 Å². The molecule has 1 saturated heterocycles. The van der Waals surface area contributed by atoms with Gasteiger partial charge in [-0.15, -0.1) is 0 Å². The fourth-order valence-corrected chi connectivity index (χ4v) is 4.39. The third-order valence-corrected chi connectivity index (χ3v) is 6.17. The van der Waals surface area contributed by atoms with E-state index in [1.807, 2.05) is 0 Å². The first-order valence-corrected chi connectivity index (χ1v) is 9.66. The molecule has 0 bridgehead atoms. The lowest BCUT2D eigenvalue weighted by atomic mass is 10.2. The summed E-state index contributed by atoms with van der Waals surface area (Å²) in [6.45, 7) is 0.254. The maximum Gasteiger partial charge on any atom is 0.260 e. The lowest BCUT2D eigenvalue weighted by Gasteiger charge is -2.17. The molecule has 0 radical (unpaired) electrons. The zero-order chi connectivity index (χ0) is 19.4. The van der Waals surface area contributed by atoms with E-state index >= 15 is 0 Å². The molecule has 1 heterocycles. The maximum atomic E-state index is 13.8. The second-order valence-corrected chi connectivity index (χ2v) is 7.86. The lowest BCUT2D eigenvalue weighted by Crippen LogP contribution is -2.34. The van der Waals surface area contributed by atoms with Crippen LogP contribution in [0.3, 0.4) is 0 Å². The molecule has 1 amide bonds. The molecule has 2 atom stereocenters. The first kappa shape index (κ1) is 19.4. The van der Waals surface area contributed by atoms with Crippen LogP contribution >= 0.6 is 0 Å². The predicted molar refractivity (Wildman–Crippen MR) is 95.6 cm³/mol. The molecule has 1 fully saturated rings. The highest BCUT2D eigenvalue weighted by atomic mass is 32.2. The van der Waals surface area contributed by atoms with Crippen LogP contribution in [0.5, 0.6) is 5.75 Å². The molecule has 2 aromatic carbocycles. The van der Waals surface area contributed by atoms with Crippen LogP contribution < -0.4 is 4.74 Å². The number of hydrogen-bond donors (Lipinski definition) is 1. The van der Waals surface area contributed by atoms with Gasteiger partial charge in [0.15, 0.2) is 6.61 Å². The molecule has 3 rings (SSSR count). The molecule has 0 aliphatic carbocycles. The van der Waals surface area contributed by atoms with Crippen molar-refractivity contribution in [3.05, 3.63) is 59.7 Å². The number of likely N-dealkylation sites (tertiary alicyclic amines) is 1. The normalized spacial score (nSPS) is 17.7. The van der Waals surface area contributed by atoms with Gasteiger partial charge in [0.05, 0.1) is 22.7 Å². The van der Waals surface area contributed by atoms with Gasteiger partial charge in [0.2, 0.25) is 0 Å². The minimum Gasteiger partial charge on any atom is -0.484 e. The summed E-state index contributed by atoms with van der Waals surface area (Å²) in [6.07, 6.45) is 0.400. The van der Waals surface area contributed by atoms with Crippen molar-refractivity contribution in [2.75, 3.05) is 19.7 Å². The van der Waals surface area contributed by atoms with Crippen molar-refractivity contribution in [1.82, 2.24) is 4.90 Å². The SMILES string of the molecule is O=C(COc1ccc(CO)cc1)N1CCC(S(=O)c2c(F)cccc2F)C1. The maximum absolute atomic E-state index is 13.8. The van der Waals surface area contributed by atoms with Gasteiger partial charge in [-0.2, -0.15) is 0 Å². The molecule has 0 saturated carbocycles. The van der Waals surface area contributed by atoms with E-state index in [2.05, 4.69) is 0 Å². The van der Waals surface area contributed by atoms with Gasteiger partial charge in [-0.1, -0.05) is 18.2 Å². The molecule has 0 aromatic heterocycles. The average Bonchev–Trinajstić information content (AvgIpc) is 3.16. The number of carbonyl (C=O) groups excluding carboxylic acids is 1. The fraction of sp³-hybridized carbons (Fsp3) is 0.316. The van der Waals surface area contributed by atoms with Gasteiger partial charge in [-0.25, -0.2) is 8.78 Å². The summed E-state index contributed by atoms with van der Waals surface area (Å²) in [5.74, 6) is -1.47. The van der Waals surface area contributed by atoms with Crippen LogP contribution in [0.1, 0.15) is 12.0 Å². The number of carbonyl (C=O) groups is 1. The third kappa shape index (κ3) is 4.51. The van der Waals surface area contributed by atoms with Gasteiger partial charge in [0.1, 0.15) is 22.3 Å². The standard InChI is InChI=1S/C19H19F2NO4S/c20-16-2-1-3-17(21)19(16)27(25)15-8-9-22(10-15)18(24)12-26-14-6-4-13(11-23)5-7-14/h1-7,15,23H,8-12H2. The van der Waals surface area contributed by atoms with Gasteiger partial charge in [-0.3, -0.25) is 9.00 Å². The first-order valence-electron chi connectivity index (χ1n) is 8.44. The van der Waals surface area contributed by atoms with Gasteiger partial charge >= 0.3 is 0 Å². The van der Waals surface area contributed by atoms with E-state index in [-0.39, 0.29) is 25.7 Å². The molecule has 0 spiro atoms. The van der Waals surface area contributed by atoms with Gasteiger partial charge in [0.25, 0.3) is 5.91 Å². The van der Waals surface area contributed by atoms with E-state index in [4.69, 9.17) is 9.84 Å². The van der Waals surface area contributed by atoms with Crippen molar-refractivity contribution in [3.8, 4) is 5.75 Å². The molecule has 1 N–H and O–H groups in total. The number of halogens is 2. The number of ether oxygens (including phenoxy) is 1. The molecule has 2 aromatic rings. The Hall–Kier alpha value is -2.32. The van der Waals surface area contributed by atoms with Crippen molar-refractivity contribution in [2.24, 2.45) is 0 Å². The molecule has 2 unspecified atom stereocenters. The number of rotatable bonds is 6. The Kier molecular flexibility index (Phi) is 6.18. The van der Waals surface area contributed by atoms with Gasteiger partial charge in [0, 0.05) is 13.1 Å². The largest absolute Gasteiger partial charge is 0.484 e. The number of amides is 1. The summed E-state index contributed by atoms with van der Waals surface area (Å²) in [4.78, 5) is 13.4. The summed E-state index contributed by atoms with van der Waals surface area (Å²) in [5.41, 5.74) is 0.735. The molecule has 1 aliphatic heterocycles. The number of nitrogens with zero attached hydrogens (tertiary/aromatic N) is 1. The van der Waals surface area contributed by atoms with Crippen LogP contribution in [0, 0.1) is 11.6 Å². The summed E-state index contributed by atoms with van der Waals surface area (Å²) in [7, 11) is -1.87. The molecular weight excluding hydrogens is 376 g/mol. The molecular formula is C19H19F2NO4S. The number of benzene rings is 2. The van der Waals surface area contributed by atoms with E-state index in [1.165, 1.54) is 11.0 Å². The van der Waals surface area contributed by atoms with E-state index < -0.39 is 32.6 Å². The zero-order valence-electron chi connectivity index (χ0n) is 14.4. The van der Waals surface area contributed by atoms with Crippen LogP contribution in [0.25, 0.3) is 0 Å². The predicted octanol–water partition coefficient (Wildman–Crippen LogP) is 2.24. The quantitative estimate of drug-likeness (QED) is 0.815. The molecule has 8 heteroatoms. The first-order chi connectivity index (χ1) is 13.0. The van der Waals surface area contributed by atoms with Crippen LogP contribution in [0.2, 0.25) is 0 Å². The van der Waals surface area contributed by atoms with Crippen molar-refractivity contribution < 1.29 is 27.6 Å². The molecule has 144 valence electrons. The Morgan fingerprint density at radius 3 is 2.48 bits per heavy atom. The van der Waals surface area contributed by atoms with Crippen molar-refractivity contribution in [3.63, 3.8) is 0 Å². The Labute approximate surface area is 158 Å². The van der Waals surface area contributed by atoms with E-state index in [9.17, 15) is 17.8 Å². The highest BCUT2D eigenvalue weighted by Gasteiger charge is 2.33. The second-order valence-electron chi connectivity index (χ2n) is 6.19. The fourth-order valence-electron chi connectivity index (χ4n) is 2.90. The zero-order valence-corrected chi connectivity index (χ0v) is 15.3. The summed E-state index contributed by atoms with van der Waals surface area (Å²) in [5, 5.41) is 8.48. The molecule has 1 aliphatic rings. The summed E-state index contributed by atoms with van der Waals surface area (Å²) < 4.78 is 45.6. The number of aliphatic hydroxyl groups is 1. The van der Waals surface area contributed by atoms with Gasteiger partial charge < -0.3 is 14.7 Å². The molecule has 5 nitrogen and oxygen atoms in total. The van der Waals surface area contributed by atoms with Crippen molar-refractivity contribution in [1.29, 1.82) is 0 Å². The molecule has 27 heavy (non-hydrogen) atoms. The minimum absolute atomic E-state index is 0.0753. The van der Waals surface area contributed by atoms with Crippen LogP contribution in [-0.4, -0.2) is 45.1 Å². The average molecular weight is 395 g/mol. The smallest absolute Gasteiger partial charge is 0.260 e. The number of hydrogen-bond acceptors (Lipinski definition) is 4. The van der Waals surface area contributed by atoms with Crippen molar-refractivity contribution >= 4 is 16.7 Å². The second kappa shape index (κ2) is 8.58. The van der Waals surface area contributed by atoms with E-state index in [0.29, 0.717) is 18.7 Å². The monoisotopic (exact) mass is 395 g/mol. The Morgan fingerprint density at radius 1 is 1.19 bits per heavy atom. The highest BCUT2D eigenvalue weighted by molar-refractivity contribution is 7.85. The van der Waals surface area contributed by atoms with E-state index in [1.54, 1.807) is 24.3 Å². The van der Waals surface area contributed by atoms with Gasteiger partial charge in [-0.05, 0) is 36.2 Å². The summed E-state index contributed by atoms with van der Waals surface area (Å²) in [6, 6.07) is 10.1. The third-order valence-electron chi connectivity index (χ3n) is 4.39. The topological polar surface area (TPSA) is 66.8 Å². The number of aliphatic hydroxyl groups excluding tert-OH is 1. The Bertz CT molecular complexity index is 824.